The molecule has 0 radical (unpaired) electrons. The van der Waals surface area contributed by atoms with Gasteiger partial charge in [-0.25, -0.2) is 9.18 Å². The van der Waals surface area contributed by atoms with Crippen LogP contribution in [-0.4, -0.2) is 53.0 Å². The summed E-state index contributed by atoms with van der Waals surface area (Å²) in [6.45, 7) is 4.86. The van der Waals surface area contributed by atoms with Crippen molar-refractivity contribution in [2.75, 3.05) is 43.4 Å². The number of hydrogen-bond donors (Lipinski definition) is 2. The predicted octanol–water partition coefficient (Wildman–Crippen LogP) is 0.673. The molecule has 1 aromatic heterocycles. The van der Waals surface area contributed by atoms with Crippen molar-refractivity contribution in [1.29, 1.82) is 0 Å². The first-order valence-electron chi connectivity index (χ1n) is 9.29. The highest BCUT2D eigenvalue weighted by Gasteiger charge is 2.24. The Kier molecular flexibility index (Phi) is 5.93. The second kappa shape index (κ2) is 8.39. The highest BCUT2D eigenvalue weighted by molar-refractivity contribution is 6.01. The number of carbonyl (C=O) groups is 1. The number of nitrogens with two attached hydrogens (primary N) is 1. The molecule has 150 valence electrons. The van der Waals surface area contributed by atoms with Gasteiger partial charge in [0.15, 0.2) is 5.78 Å². The number of H-pyrrole nitrogens is 1. The lowest BCUT2D eigenvalue weighted by atomic mass is 10.1. The zero-order valence-corrected chi connectivity index (χ0v) is 15.8. The number of aromatic nitrogens is 2. The summed E-state index contributed by atoms with van der Waals surface area (Å²) >= 11 is 0. The van der Waals surface area contributed by atoms with Gasteiger partial charge < -0.3 is 10.6 Å². The molecule has 0 unspecified atom stereocenters. The number of Topliss-reactive ketones (excluding diaryl/α,β-unsaturated/α-hetero) is 1. The van der Waals surface area contributed by atoms with Crippen LogP contribution < -0.4 is 21.9 Å². The Labute approximate surface area is 161 Å². The summed E-state index contributed by atoms with van der Waals surface area (Å²) < 4.78 is 14.3. The van der Waals surface area contributed by atoms with Crippen molar-refractivity contribution in [3.05, 3.63) is 56.5 Å². The lowest BCUT2D eigenvalue weighted by molar-refractivity contribution is 0.0925. The standard InChI is InChI=1S/C19H24FN5O3/c1-2-7-25-17(21)16(18(27)22-19(25)28)15(26)12-23-8-10-24(11-9-23)14-5-3-13(20)4-6-14/h3-6H,2,7-12,21H2,1H3,(H,22,27,28). The van der Waals surface area contributed by atoms with Crippen LogP contribution in [0.4, 0.5) is 15.9 Å². The van der Waals surface area contributed by atoms with Gasteiger partial charge in [-0.1, -0.05) is 6.92 Å². The van der Waals surface area contributed by atoms with E-state index in [4.69, 9.17) is 5.73 Å². The summed E-state index contributed by atoms with van der Waals surface area (Å²) in [5.41, 5.74) is 5.38. The van der Waals surface area contributed by atoms with Crippen LogP contribution in [0.5, 0.6) is 0 Å². The summed E-state index contributed by atoms with van der Waals surface area (Å²) in [5.74, 6) is -0.760. The second-order valence-corrected chi connectivity index (χ2v) is 6.83. The first kappa shape index (κ1) is 19.8. The fourth-order valence-electron chi connectivity index (χ4n) is 3.40. The fraction of sp³-hybridized carbons (Fsp3) is 0.421. The van der Waals surface area contributed by atoms with Gasteiger partial charge in [0.1, 0.15) is 17.2 Å². The molecule has 1 aliphatic rings. The molecule has 0 spiro atoms. The third-order valence-electron chi connectivity index (χ3n) is 4.90. The molecule has 2 aromatic rings. The average molecular weight is 389 g/mol. The number of halogens is 1. The van der Waals surface area contributed by atoms with Gasteiger partial charge in [0, 0.05) is 38.4 Å². The van der Waals surface area contributed by atoms with Crippen LogP contribution in [-0.2, 0) is 6.54 Å². The zero-order chi connectivity index (χ0) is 20.3. The maximum Gasteiger partial charge on any atom is 0.329 e. The molecule has 1 fully saturated rings. The van der Waals surface area contributed by atoms with Crippen LogP contribution in [0.3, 0.4) is 0 Å². The Morgan fingerprint density at radius 2 is 1.79 bits per heavy atom. The summed E-state index contributed by atoms with van der Waals surface area (Å²) in [5, 5.41) is 0. The van der Waals surface area contributed by atoms with Gasteiger partial charge in [-0.3, -0.25) is 24.0 Å². The van der Waals surface area contributed by atoms with Crippen LogP contribution in [0.1, 0.15) is 23.7 Å². The largest absolute Gasteiger partial charge is 0.384 e. The van der Waals surface area contributed by atoms with E-state index in [2.05, 4.69) is 9.88 Å². The number of nitrogens with zero attached hydrogens (tertiary/aromatic N) is 3. The van der Waals surface area contributed by atoms with Crippen molar-refractivity contribution in [3.8, 4) is 0 Å². The molecule has 9 heteroatoms. The number of benzene rings is 1. The van der Waals surface area contributed by atoms with Gasteiger partial charge in [-0.05, 0) is 30.7 Å². The van der Waals surface area contributed by atoms with Gasteiger partial charge in [0.2, 0.25) is 0 Å². The summed E-state index contributed by atoms with van der Waals surface area (Å²) in [6.07, 6.45) is 0.648. The minimum atomic E-state index is -0.746. The number of aromatic amines is 1. The third-order valence-corrected chi connectivity index (χ3v) is 4.90. The van der Waals surface area contributed by atoms with E-state index < -0.39 is 17.0 Å². The zero-order valence-electron chi connectivity index (χ0n) is 15.8. The quantitative estimate of drug-likeness (QED) is 0.704. The number of anilines is 2. The van der Waals surface area contributed by atoms with Gasteiger partial charge in [-0.15, -0.1) is 0 Å². The predicted molar refractivity (Wildman–Crippen MR) is 105 cm³/mol. The summed E-state index contributed by atoms with van der Waals surface area (Å²) in [4.78, 5) is 43.0. The second-order valence-electron chi connectivity index (χ2n) is 6.83. The molecule has 3 rings (SSSR count). The molecule has 0 saturated carbocycles. The molecule has 1 aliphatic heterocycles. The smallest absolute Gasteiger partial charge is 0.329 e. The first-order valence-corrected chi connectivity index (χ1v) is 9.29. The number of ketones is 1. The van der Waals surface area contributed by atoms with Crippen molar-refractivity contribution in [2.45, 2.75) is 19.9 Å². The van der Waals surface area contributed by atoms with Crippen molar-refractivity contribution in [3.63, 3.8) is 0 Å². The van der Waals surface area contributed by atoms with Crippen LogP contribution in [0.15, 0.2) is 33.9 Å². The van der Waals surface area contributed by atoms with E-state index in [-0.39, 0.29) is 23.7 Å². The van der Waals surface area contributed by atoms with Crippen LogP contribution in [0, 0.1) is 5.82 Å². The van der Waals surface area contributed by atoms with Gasteiger partial charge in [0.25, 0.3) is 5.56 Å². The Morgan fingerprint density at radius 1 is 1.14 bits per heavy atom. The molecule has 0 amide bonds. The fourth-order valence-corrected chi connectivity index (χ4v) is 3.40. The third kappa shape index (κ3) is 4.14. The molecule has 1 saturated heterocycles. The average Bonchev–Trinajstić information content (AvgIpc) is 2.66. The van der Waals surface area contributed by atoms with E-state index in [1.54, 1.807) is 12.1 Å². The summed E-state index contributed by atoms with van der Waals surface area (Å²) in [7, 11) is 0. The molecule has 8 nitrogen and oxygen atoms in total. The van der Waals surface area contributed by atoms with E-state index in [0.29, 0.717) is 39.1 Å². The van der Waals surface area contributed by atoms with Gasteiger partial charge in [-0.2, -0.15) is 0 Å². The number of nitrogens with one attached hydrogen (secondary N) is 1. The maximum atomic E-state index is 13.1. The Balaban J connectivity index is 1.68. The molecule has 0 bridgehead atoms. The number of nitrogen functional groups attached to an aromatic ring is 1. The Bertz CT molecular complexity index is 959. The lowest BCUT2D eigenvalue weighted by Crippen LogP contribution is -2.48. The SMILES string of the molecule is CCCn1c(N)c(C(=O)CN2CCN(c3ccc(F)cc3)CC2)c(=O)[nH]c1=O. The van der Waals surface area contributed by atoms with Crippen LogP contribution >= 0.6 is 0 Å². The molecule has 2 heterocycles. The van der Waals surface area contributed by atoms with Crippen molar-refractivity contribution < 1.29 is 9.18 Å². The molecule has 3 N–H and O–H groups in total. The Morgan fingerprint density at radius 3 is 2.39 bits per heavy atom. The number of rotatable bonds is 6. The normalized spacial score (nSPS) is 15.0. The monoisotopic (exact) mass is 389 g/mol. The number of carbonyl (C=O) groups excluding carboxylic acids is 1. The maximum absolute atomic E-state index is 13.1. The molecular formula is C19H24FN5O3. The van der Waals surface area contributed by atoms with Crippen molar-refractivity contribution in [1.82, 2.24) is 14.5 Å². The molecule has 0 aliphatic carbocycles. The van der Waals surface area contributed by atoms with Crippen LogP contribution in [0.25, 0.3) is 0 Å². The van der Waals surface area contributed by atoms with Gasteiger partial charge in [0.05, 0.1) is 6.54 Å². The lowest BCUT2D eigenvalue weighted by Gasteiger charge is -2.35. The molecular weight excluding hydrogens is 365 g/mol. The van der Waals surface area contributed by atoms with Gasteiger partial charge >= 0.3 is 5.69 Å². The van der Waals surface area contributed by atoms with E-state index >= 15 is 0 Å². The minimum Gasteiger partial charge on any atom is -0.384 e. The van der Waals surface area contributed by atoms with Crippen molar-refractivity contribution >= 4 is 17.3 Å². The molecule has 0 atom stereocenters. The van der Waals surface area contributed by atoms with E-state index in [0.717, 1.165) is 5.69 Å². The molecule has 28 heavy (non-hydrogen) atoms. The van der Waals surface area contributed by atoms with E-state index in [1.165, 1.54) is 16.7 Å². The Hall–Kier alpha value is -2.94. The van der Waals surface area contributed by atoms with Crippen LogP contribution in [0.2, 0.25) is 0 Å². The van der Waals surface area contributed by atoms with Crippen molar-refractivity contribution in [2.24, 2.45) is 0 Å². The minimum absolute atomic E-state index is 0.0505. The summed E-state index contributed by atoms with van der Waals surface area (Å²) in [6, 6.07) is 6.30. The highest BCUT2D eigenvalue weighted by atomic mass is 19.1. The topological polar surface area (TPSA) is 104 Å². The first-order chi connectivity index (χ1) is 13.4. The number of hydrogen-bond acceptors (Lipinski definition) is 6. The van der Waals surface area contributed by atoms with E-state index in [1.807, 2.05) is 11.8 Å². The van der Waals surface area contributed by atoms with E-state index in [9.17, 15) is 18.8 Å². The highest BCUT2D eigenvalue weighted by Crippen LogP contribution is 2.17. The number of piperazine rings is 1. The molecule has 1 aromatic carbocycles.